The third kappa shape index (κ3) is 6.28. The molecular formula is C18H28ClN3OS. The largest absolute Gasteiger partial charge is 0.351 e. The maximum absolute atomic E-state index is 12.5. The van der Waals surface area contributed by atoms with Crippen molar-refractivity contribution in [1.82, 2.24) is 10.6 Å². The summed E-state index contributed by atoms with van der Waals surface area (Å²) in [5.74, 6) is 1.91. The summed E-state index contributed by atoms with van der Waals surface area (Å²) in [7, 11) is 0. The minimum absolute atomic E-state index is 0.103. The van der Waals surface area contributed by atoms with E-state index in [1.165, 1.54) is 4.90 Å². The Bertz CT molecular complexity index is 524. The molecule has 2 rings (SSSR count). The van der Waals surface area contributed by atoms with Crippen LogP contribution in [0.5, 0.6) is 0 Å². The van der Waals surface area contributed by atoms with Crippen molar-refractivity contribution in [3.63, 3.8) is 0 Å². The molecule has 4 N–H and O–H groups in total. The molecule has 1 fully saturated rings. The van der Waals surface area contributed by atoms with Gasteiger partial charge in [0.05, 0.1) is 6.04 Å². The predicted molar refractivity (Wildman–Crippen MR) is 103 cm³/mol. The van der Waals surface area contributed by atoms with Crippen LogP contribution in [-0.2, 0) is 4.79 Å². The van der Waals surface area contributed by atoms with Crippen molar-refractivity contribution in [3.05, 3.63) is 29.3 Å². The first-order valence-corrected chi connectivity index (χ1v) is 9.96. The lowest BCUT2D eigenvalue weighted by Crippen LogP contribution is -2.46. The summed E-state index contributed by atoms with van der Waals surface area (Å²) in [6, 6.07) is 7.90. The van der Waals surface area contributed by atoms with E-state index in [1.54, 1.807) is 11.8 Å². The van der Waals surface area contributed by atoms with Crippen molar-refractivity contribution in [1.29, 1.82) is 0 Å². The SMILES string of the molecule is CC(C)C[C@H](CSc1ccc(Cl)cc1)NC(=O)[C@H]1C[C@H](CN)CN1. The molecule has 0 radical (unpaired) electrons. The molecule has 0 spiro atoms. The second kappa shape index (κ2) is 9.66. The summed E-state index contributed by atoms with van der Waals surface area (Å²) in [5.41, 5.74) is 5.70. The zero-order chi connectivity index (χ0) is 17.5. The summed E-state index contributed by atoms with van der Waals surface area (Å²) < 4.78 is 0. The molecule has 6 heteroatoms. The monoisotopic (exact) mass is 369 g/mol. The number of thioether (sulfide) groups is 1. The molecule has 0 saturated carbocycles. The summed E-state index contributed by atoms with van der Waals surface area (Å²) in [5, 5.41) is 7.25. The van der Waals surface area contributed by atoms with Crippen LogP contribution < -0.4 is 16.4 Å². The van der Waals surface area contributed by atoms with Gasteiger partial charge in [0, 0.05) is 21.7 Å². The summed E-state index contributed by atoms with van der Waals surface area (Å²) >= 11 is 7.68. The lowest BCUT2D eigenvalue weighted by Gasteiger charge is -2.22. The van der Waals surface area contributed by atoms with Gasteiger partial charge < -0.3 is 16.4 Å². The number of carbonyl (C=O) groups is 1. The van der Waals surface area contributed by atoms with E-state index in [1.807, 2.05) is 24.3 Å². The van der Waals surface area contributed by atoms with Crippen molar-refractivity contribution in [3.8, 4) is 0 Å². The number of hydrogen-bond acceptors (Lipinski definition) is 4. The van der Waals surface area contributed by atoms with Crippen LogP contribution in [0, 0.1) is 11.8 Å². The summed E-state index contributed by atoms with van der Waals surface area (Å²) in [4.78, 5) is 13.7. The van der Waals surface area contributed by atoms with E-state index >= 15 is 0 Å². The van der Waals surface area contributed by atoms with E-state index in [2.05, 4.69) is 24.5 Å². The molecule has 1 aromatic rings. The maximum atomic E-state index is 12.5. The van der Waals surface area contributed by atoms with Crippen LogP contribution in [-0.4, -0.2) is 36.8 Å². The molecule has 0 aliphatic carbocycles. The fourth-order valence-electron chi connectivity index (χ4n) is 2.96. The van der Waals surface area contributed by atoms with Crippen molar-refractivity contribution in [2.24, 2.45) is 17.6 Å². The Labute approximate surface area is 154 Å². The van der Waals surface area contributed by atoms with E-state index < -0.39 is 0 Å². The second-order valence-corrected chi connectivity index (χ2v) is 8.43. The van der Waals surface area contributed by atoms with Gasteiger partial charge in [0.1, 0.15) is 0 Å². The highest BCUT2D eigenvalue weighted by atomic mass is 35.5. The molecule has 1 amide bonds. The van der Waals surface area contributed by atoms with Gasteiger partial charge in [-0.05, 0) is 62.0 Å². The van der Waals surface area contributed by atoms with E-state index in [0.717, 1.165) is 30.2 Å². The van der Waals surface area contributed by atoms with Crippen molar-refractivity contribution >= 4 is 29.3 Å². The number of hydrogen-bond donors (Lipinski definition) is 3. The number of halogens is 1. The first-order valence-electron chi connectivity index (χ1n) is 8.60. The smallest absolute Gasteiger partial charge is 0.237 e. The normalized spacial score (nSPS) is 21.9. The second-order valence-electron chi connectivity index (χ2n) is 6.90. The summed E-state index contributed by atoms with van der Waals surface area (Å²) in [6.45, 7) is 5.84. The highest BCUT2D eigenvalue weighted by Gasteiger charge is 2.29. The molecular weight excluding hydrogens is 342 g/mol. The van der Waals surface area contributed by atoms with Crippen LogP contribution in [0.4, 0.5) is 0 Å². The average Bonchev–Trinajstić information content (AvgIpc) is 3.03. The minimum atomic E-state index is -0.103. The van der Waals surface area contributed by atoms with Crippen molar-refractivity contribution in [2.45, 2.75) is 43.7 Å². The fourth-order valence-corrected chi connectivity index (χ4v) is 4.02. The van der Waals surface area contributed by atoms with Gasteiger partial charge in [-0.2, -0.15) is 0 Å². The van der Waals surface area contributed by atoms with Crippen LogP contribution in [0.1, 0.15) is 26.7 Å². The Morgan fingerprint density at radius 2 is 2.12 bits per heavy atom. The van der Waals surface area contributed by atoms with Gasteiger partial charge in [-0.3, -0.25) is 4.79 Å². The third-order valence-electron chi connectivity index (χ3n) is 4.24. The fraction of sp³-hybridized carbons (Fsp3) is 0.611. The lowest BCUT2D eigenvalue weighted by atomic mass is 10.0. The highest BCUT2D eigenvalue weighted by molar-refractivity contribution is 7.99. The highest BCUT2D eigenvalue weighted by Crippen LogP contribution is 2.23. The van der Waals surface area contributed by atoms with Gasteiger partial charge in [0.15, 0.2) is 0 Å². The maximum Gasteiger partial charge on any atom is 0.237 e. The molecule has 3 atom stereocenters. The Hall–Kier alpha value is -0.750. The molecule has 0 unspecified atom stereocenters. The third-order valence-corrected chi connectivity index (χ3v) is 5.67. The van der Waals surface area contributed by atoms with Crippen molar-refractivity contribution in [2.75, 3.05) is 18.8 Å². The van der Waals surface area contributed by atoms with Gasteiger partial charge >= 0.3 is 0 Å². The topological polar surface area (TPSA) is 67.2 Å². The Balaban J connectivity index is 1.87. The zero-order valence-corrected chi connectivity index (χ0v) is 16.0. The quantitative estimate of drug-likeness (QED) is 0.616. The lowest BCUT2D eigenvalue weighted by molar-refractivity contribution is -0.123. The Morgan fingerprint density at radius 3 is 2.71 bits per heavy atom. The Kier molecular flexibility index (Phi) is 7.88. The number of benzene rings is 1. The molecule has 0 aromatic heterocycles. The van der Waals surface area contributed by atoms with Crippen molar-refractivity contribution < 1.29 is 4.79 Å². The predicted octanol–water partition coefficient (Wildman–Crippen LogP) is 2.90. The molecule has 1 heterocycles. The Morgan fingerprint density at radius 1 is 1.42 bits per heavy atom. The van der Waals surface area contributed by atoms with Gasteiger partial charge in [0.25, 0.3) is 0 Å². The molecule has 0 bridgehead atoms. The van der Waals surface area contributed by atoms with E-state index in [0.29, 0.717) is 18.4 Å². The summed E-state index contributed by atoms with van der Waals surface area (Å²) in [6.07, 6.45) is 1.81. The van der Waals surface area contributed by atoms with E-state index in [4.69, 9.17) is 17.3 Å². The van der Waals surface area contributed by atoms with Gasteiger partial charge in [-0.1, -0.05) is 25.4 Å². The van der Waals surface area contributed by atoms with Crippen LogP contribution in [0.2, 0.25) is 5.02 Å². The first-order chi connectivity index (χ1) is 11.5. The molecule has 1 saturated heterocycles. The number of nitrogens with one attached hydrogen (secondary N) is 2. The molecule has 134 valence electrons. The molecule has 24 heavy (non-hydrogen) atoms. The zero-order valence-electron chi connectivity index (χ0n) is 14.4. The van der Waals surface area contributed by atoms with Crippen LogP contribution >= 0.6 is 23.4 Å². The standard InChI is InChI=1S/C18H28ClN3OS/c1-12(2)7-15(11-24-16-5-3-14(19)4-6-16)22-18(23)17-8-13(9-20)10-21-17/h3-6,12-13,15,17,21H,7-11,20H2,1-2H3,(H,22,23)/t13-,15-,17-/m1/s1. The van der Waals surface area contributed by atoms with E-state index in [9.17, 15) is 4.79 Å². The van der Waals surface area contributed by atoms with Gasteiger partial charge in [-0.15, -0.1) is 11.8 Å². The van der Waals surface area contributed by atoms with E-state index in [-0.39, 0.29) is 18.0 Å². The van der Waals surface area contributed by atoms with Crippen LogP contribution in [0.25, 0.3) is 0 Å². The molecule has 1 aliphatic rings. The van der Waals surface area contributed by atoms with Crippen LogP contribution in [0.15, 0.2) is 29.2 Å². The molecule has 1 aromatic carbocycles. The average molecular weight is 370 g/mol. The molecule has 1 aliphatic heterocycles. The minimum Gasteiger partial charge on any atom is -0.351 e. The number of carbonyl (C=O) groups excluding carboxylic acids is 1. The van der Waals surface area contributed by atoms with Crippen LogP contribution in [0.3, 0.4) is 0 Å². The number of nitrogens with two attached hydrogens (primary N) is 1. The number of amides is 1. The van der Waals surface area contributed by atoms with Gasteiger partial charge in [0.2, 0.25) is 5.91 Å². The first kappa shape index (κ1) is 19.6. The number of rotatable bonds is 8. The van der Waals surface area contributed by atoms with Gasteiger partial charge in [-0.25, -0.2) is 0 Å². The molecule has 4 nitrogen and oxygen atoms in total.